The number of nitrogens with zero attached hydrogens (tertiary/aromatic N) is 1. The maximum atomic E-state index is 5.33. The predicted octanol–water partition coefficient (Wildman–Crippen LogP) is 4.84. The van der Waals surface area contributed by atoms with Gasteiger partial charge in [0.25, 0.3) is 0 Å². The van der Waals surface area contributed by atoms with Crippen molar-refractivity contribution in [1.82, 2.24) is 4.98 Å². The Bertz CT molecular complexity index is 756. The first kappa shape index (κ1) is 14.0. The average Bonchev–Trinajstić information content (AvgIpc) is 2.53. The molecule has 0 unspecified atom stereocenters. The largest absolute Gasteiger partial charge is 0.497 e. The second-order valence-corrected chi connectivity index (χ2v) is 5.94. The van der Waals surface area contributed by atoms with Crippen LogP contribution in [0.25, 0.3) is 10.9 Å². The highest BCUT2D eigenvalue weighted by Crippen LogP contribution is 2.32. The minimum absolute atomic E-state index is 0.870. The number of thioether (sulfide) groups is 1. The summed E-state index contributed by atoms with van der Waals surface area (Å²) >= 11 is 1.84. The molecule has 2 nitrogen and oxygen atoms in total. The summed E-state index contributed by atoms with van der Waals surface area (Å²) in [5, 5.41) is 1.15. The molecule has 2 aromatic carbocycles. The summed E-state index contributed by atoms with van der Waals surface area (Å²) in [4.78, 5) is 5.85. The molecule has 0 bridgehead atoms. The van der Waals surface area contributed by atoms with Crippen LogP contribution in [0.3, 0.4) is 0 Å². The number of hydrogen-bond donors (Lipinski definition) is 0. The SMILES string of the molecule is COc1ccc2nc(C)cc(SCc3ccccc3)c2c1. The Morgan fingerprint density at radius 3 is 2.62 bits per heavy atom. The van der Waals surface area contributed by atoms with Gasteiger partial charge in [-0.05, 0) is 36.8 Å². The summed E-state index contributed by atoms with van der Waals surface area (Å²) in [6, 6.07) is 18.7. The Labute approximate surface area is 129 Å². The van der Waals surface area contributed by atoms with Crippen molar-refractivity contribution in [3.63, 3.8) is 0 Å². The van der Waals surface area contributed by atoms with Gasteiger partial charge in [-0.15, -0.1) is 11.8 Å². The molecular weight excluding hydrogens is 278 g/mol. The van der Waals surface area contributed by atoms with Crippen LogP contribution in [-0.2, 0) is 5.75 Å². The topological polar surface area (TPSA) is 22.1 Å². The summed E-state index contributed by atoms with van der Waals surface area (Å²) in [7, 11) is 1.69. The van der Waals surface area contributed by atoms with Crippen molar-refractivity contribution in [2.24, 2.45) is 0 Å². The third kappa shape index (κ3) is 3.19. The fourth-order valence-corrected chi connectivity index (χ4v) is 3.37. The van der Waals surface area contributed by atoms with Crippen LogP contribution in [-0.4, -0.2) is 12.1 Å². The van der Waals surface area contributed by atoms with E-state index in [9.17, 15) is 0 Å². The van der Waals surface area contributed by atoms with E-state index in [1.165, 1.54) is 10.5 Å². The van der Waals surface area contributed by atoms with E-state index in [-0.39, 0.29) is 0 Å². The predicted molar refractivity (Wildman–Crippen MR) is 89.0 cm³/mol. The molecule has 0 aliphatic rings. The summed E-state index contributed by atoms with van der Waals surface area (Å²) in [6.45, 7) is 2.04. The van der Waals surface area contributed by atoms with Crippen molar-refractivity contribution in [2.45, 2.75) is 17.6 Å². The highest BCUT2D eigenvalue weighted by molar-refractivity contribution is 7.98. The number of aryl methyl sites for hydroxylation is 1. The van der Waals surface area contributed by atoms with Gasteiger partial charge in [-0.25, -0.2) is 0 Å². The van der Waals surface area contributed by atoms with E-state index >= 15 is 0 Å². The lowest BCUT2D eigenvalue weighted by Gasteiger charge is -2.09. The van der Waals surface area contributed by atoms with E-state index in [4.69, 9.17) is 4.74 Å². The molecule has 0 saturated carbocycles. The molecule has 3 heteroatoms. The molecule has 0 atom stereocenters. The summed E-state index contributed by atoms with van der Waals surface area (Å²) in [6.07, 6.45) is 0. The number of rotatable bonds is 4. The Balaban J connectivity index is 1.96. The molecule has 0 amide bonds. The monoisotopic (exact) mass is 295 g/mol. The van der Waals surface area contributed by atoms with E-state index < -0.39 is 0 Å². The zero-order chi connectivity index (χ0) is 14.7. The van der Waals surface area contributed by atoms with Gasteiger partial charge in [-0.1, -0.05) is 30.3 Å². The quantitative estimate of drug-likeness (QED) is 0.643. The van der Waals surface area contributed by atoms with Gasteiger partial charge >= 0.3 is 0 Å². The third-order valence-corrected chi connectivity index (χ3v) is 4.47. The van der Waals surface area contributed by atoms with E-state index in [1.54, 1.807) is 7.11 Å². The molecule has 0 N–H and O–H groups in total. The van der Waals surface area contributed by atoms with Gasteiger partial charge in [-0.2, -0.15) is 0 Å². The van der Waals surface area contributed by atoms with Gasteiger partial charge in [0, 0.05) is 21.7 Å². The molecule has 0 aliphatic heterocycles. The zero-order valence-electron chi connectivity index (χ0n) is 12.2. The first-order chi connectivity index (χ1) is 10.3. The lowest BCUT2D eigenvalue weighted by atomic mass is 10.2. The number of pyridine rings is 1. The number of aromatic nitrogens is 1. The number of hydrogen-bond acceptors (Lipinski definition) is 3. The number of ether oxygens (including phenoxy) is 1. The van der Waals surface area contributed by atoms with Gasteiger partial charge in [0.05, 0.1) is 12.6 Å². The van der Waals surface area contributed by atoms with Crippen LogP contribution < -0.4 is 4.74 Å². The first-order valence-electron chi connectivity index (χ1n) is 6.88. The maximum Gasteiger partial charge on any atom is 0.119 e. The smallest absolute Gasteiger partial charge is 0.119 e. The van der Waals surface area contributed by atoms with Crippen molar-refractivity contribution >= 4 is 22.7 Å². The molecule has 0 spiro atoms. The van der Waals surface area contributed by atoms with Gasteiger partial charge in [0.2, 0.25) is 0 Å². The van der Waals surface area contributed by atoms with Crippen molar-refractivity contribution in [3.8, 4) is 5.75 Å². The van der Waals surface area contributed by atoms with E-state index in [1.807, 2.05) is 36.9 Å². The zero-order valence-corrected chi connectivity index (χ0v) is 13.0. The standard InChI is InChI=1S/C18H17NOS/c1-13-10-18(21-12-14-6-4-3-5-7-14)16-11-15(20-2)8-9-17(16)19-13/h3-11H,12H2,1-2H3. The van der Waals surface area contributed by atoms with Gasteiger partial charge in [0.1, 0.15) is 5.75 Å². The molecule has 1 heterocycles. The second-order valence-electron chi connectivity index (χ2n) is 4.92. The Morgan fingerprint density at radius 2 is 1.86 bits per heavy atom. The number of fused-ring (bicyclic) bond motifs is 1. The van der Waals surface area contributed by atoms with Crippen LogP contribution in [0.5, 0.6) is 5.75 Å². The second kappa shape index (κ2) is 6.19. The molecule has 0 aliphatic carbocycles. The lowest BCUT2D eigenvalue weighted by molar-refractivity contribution is 0.415. The van der Waals surface area contributed by atoms with Crippen LogP contribution in [0, 0.1) is 6.92 Å². The van der Waals surface area contributed by atoms with Crippen LogP contribution in [0.15, 0.2) is 59.5 Å². The Kier molecular flexibility index (Phi) is 4.11. The summed E-state index contributed by atoms with van der Waals surface area (Å²) < 4.78 is 5.33. The Hall–Kier alpha value is -2.00. The van der Waals surface area contributed by atoms with E-state index in [0.29, 0.717) is 0 Å². The molecule has 3 rings (SSSR count). The molecule has 3 aromatic rings. The molecule has 106 valence electrons. The molecule has 1 aromatic heterocycles. The van der Waals surface area contributed by atoms with Crippen LogP contribution in [0.2, 0.25) is 0 Å². The third-order valence-electron chi connectivity index (χ3n) is 3.34. The minimum atomic E-state index is 0.870. The minimum Gasteiger partial charge on any atom is -0.497 e. The lowest BCUT2D eigenvalue weighted by Crippen LogP contribution is -1.90. The molecule has 0 saturated heterocycles. The molecule has 0 radical (unpaired) electrons. The number of benzene rings is 2. The molecule has 21 heavy (non-hydrogen) atoms. The molecular formula is C18H17NOS. The highest BCUT2D eigenvalue weighted by Gasteiger charge is 2.06. The average molecular weight is 295 g/mol. The van der Waals surface area contributed by atoms with Crippen LogP contribution >= 0.6 is 11.8 Å². The summed E-state index contributed by atoms with van der Waals surface area (Å²) in [5.41, 5.74) is 3.39. The van der Waals surface area contributed by atoms with Gasteiger partial charge in [0.15, 0.2) is 0 Å². The van der Waals surface area contributed by atoms with Crippen molar-refractivity contribution in [2.75, 3.05) is 7.11 Å². The van der Waals surface area contributed by atoms with Crippen molar-refractivity contribution in [1.29, 1.82) is 0 Å². The van der Waals surface area contributed by atoms with Crippen LogP contribution in [0.1, 0.15) is 11.3 Å². The fourth-order valence-electron chi connectivity index (χ4n) is 2.28. The van der Waals surface area contributed by atoms with E-state index in [0.717, 1.165) is 28.1 Å². The highest BCUT2D eigenvalue weighted by atomic mass is 32.2. The Morgan fingerprint density at radius 1 is 1.05 bits per heavy atom. The van der Waals surface area contributed by atoms with Crippen molar-refractivity contribution < 1.29 is 4.74 Å². The fraction of sp³-hybridized carbons (Fsp3) is 0.167. The summed E-state index contributed by atoms with van der Waals surface area (Å²) in [5.74, 6) is 1.83. The van der Waals surface area contributed by atoms with Gasteiger partial charge < -0.3 is 4.74 Å². The number of methoxy groups -OCH3 is 1. The van der Waals surface area contributed by atoms with E-state index in [2.05, 4.69) is 41.4 Å². The van der Waals surface area contributed by atoms with Crippen molar-refractivity contribution in [3.05, 3.63) is 65.9 Å². The molecule has 0 fully saturated rings. The normalized spacial score (nSPS) is 10.8. The van der Waals surface area contributed by atoms with Gasteiger partial charge in [-0.3, -0.25) is 4.98 Å². The maximum absolute atomic E-state index is 5.33. The first-order valence-corrected chi connectivity index (χ1v) is 7.87. The van der Waals surface area contributed by atoms with Crippen LogP contribution in [0.4, 0.5) is 0 Å².